The molecule has 169 valence electrons. The van der Waals surface area contributed by atoms with E-state index in [0.717, 1.165) is 0 Å². The first-order chi connectivity index (χ1) is 14.6. The summed E-state index contributed by atoms with van der Waals surface area (Å²) >= 11 is 0. The lowest BCUT2D eigenvalue weighted by Crippen LogP contribution is -2.50. The van der Waals surface area contributed by atoms with Gasteiger partial charge in [-0.05, 0) is 19.9 Å². The summed E-state index contributed by atoms with van der Waals surface area (Å²) in [5, 5.41) is 0. The molecule has 0 aromatic heterocycles. The van der Waals surface area contributed by atoms with Crippen LogP contribution in [0.4, 0.5) is 0 Å². The molecule has 0 saturated carbocycles. The first kappa shape index (κ1) is 22.6. The van der Waals surface area contributed by atoms with Crippen LogP contribution in [0.3, 0.4) is 0 Å². The van der Waals surface area contributed by atoms with E-state index in [-0.39, 0.29) is 36.9 Å². The van der Waals surface area contributed by atoms with Crippen LogP contribution in [0.15, 0.2) is 53.5 Å². The number of benzene rings is 1. The Morgan fingerprint density at radius 2 is 1.58 bits per heavy atom. The van der Waals surface area contributed by atoms with Crippen molar-refractivity contribution in [2.24, 2.45) is 0 Å². The van der Waals surface area contributed by atoms with E-state index in [2.05, 4.69) is 0 Å². The third kappa shape index (κ3) is 3.69. The molecule has 2 heterocycles. The van der Waals surface area contributed by atoms with Crippen LogP contribution in [0, 0.1) is 6.42 Å². The van der Waals surface area contributed by atoms with E-state index in [1.807, 2.05) is 0 Å². The molecule has 3 aliphatic rings. The van der Waals surface area contributed by atoms with E-state index in [1.54, 1.807) is 62.8 Å². The highest BCUT2D eigenvalue weighted by molar-refractivity contribution is 7.91. The van der Waals surface area contributed by atoms with Gasteiger partial charge in [-0.1, -0.05) is 42.5 Å². The molecule has 31 heavy (non-hydrogen) atoms. The molecule has 1 aromatic carbocycles. The van der Waals surface area contributed by atoms with Gasteiger partial charge in [0.15, 0.2) is 0 Å². The number of sulfonamides is 2. The lowest BCUT2D eigenvalue weighted by molar-refractivity contribution is 0.0723. The predicted octanol–water partition coefficient (Wildman–Crippen LogP) is 1.63. The van der Waals surface area contributed by atoms with Crippen molar-refractivity contribution in [1.29, 1.82) is 0 Å². The van der Waals surface area contributed by atoms with Gasteiger partial charge in [-0.25, -0.2) is 16.8 Å². The summed E-state index contributed by atoms with van der Waals surface area (Å²) in [7, 11) is -8.02. The lowest BCUT2D eigenvalue weighted by Gasteiger charge is -2.38. The molecule has 0 unspecified atom stereocenters. The fourth-order valence-corrected chi connectivity index (χ4v) is 8.16. The summed E-state index contributed by atoms with van der Waals surface area (Å²) in [6, 6.07) is 6.32. The summed E-state index contributed by atoms with van der Waals surface area (Å²) in [4.78, 5) is -0.0402. The lowest BCUT2D eigenvalue weighted by atomic mass is 9.93. The zero-order chi connectivity index (χ0) is 22.3. The highest BCUT2D eigenvalue weighted by Crippen LogP contribution is 2.43. The molecule has 2 fully saturated rings. The van der Waals surface area contributed by atoms with Crippen LogP contribution in [0.1, 0.15) is 19.4 Å². The number of hydrogen-bond donors (Lipinski definition) is 0. The Kier molecular flexibility index (Phi) is 5.91. The van der Waals surface area contributed by atoms with Gasteiger partial charge in [0, 0.05) is 25.1 Å². The van der Waals surface area contributed by atoms with Gasteiger partial charge in [-0.2, -0.15) is 8.61 Å². The Hall–Kier alpha value is -1.56. The minimum atomic E-state index is -4.03. The molecule has 10 heteroatoms. The van der Waals surface area contributed by atoms with Crippen LogP contribution >= 0.6 is 0 Å². The monoisotopic (exact) mass is 467 g/mol. The average molecular weight is 468 g/mol. The number of ether oxygens (including phenoxy) is 2. The largest absolute Gasteiger partial charge is 0.379 e. The Morgan fingerprint density at radius 3 is 2.19 bits per heavy atom. The number of nitrogens with zero attached hydrogens (tertiary/aromatic N) is 2. The van der Waals surface area contributed by atoms with Gasteiger partial charge in [-0.3, -0.25) is 0 Å². The fraction of sp³-hybridized carbons (Fsp3) is 0.476. The predicted molar refractivity (Wildman–Crippen MR) is 116 cm³/mol. The molecule has 0 spiro atoms. The van der Waals surface area contributed by atoms with Crippen LogP contribution in [-0.4, -0.2) is 70.6 Å². The standard InChI is InChI=1S/C21H27N2O6S2/c1-20(2)16-29-17-23(20)30(24,25)19-9-5-4-8-18(19)21(10-6-3-7-11-21)31(26,27)22-12-14-28-15-13-22/h3-11H,12-17H2,1-2H3. The SMILES string of the molecule is CC1(C)COCN1S(=O)(=O)c1ccccc1C1(S(=O)(=O)N2CCOCC2)C=C[CH]C=C1. The molecular weight excluding hydrogens is 440 g/mol. The molecule has 0 atom stereocenters. The summed E-state index contributed by atoms with van der Waals surface area (Å²) in [6.45, 7) is 4.80. The molecule has 1 aliphatic carbocycles. The highest BCUT2D eigenvalue weighted by atomic mass is 32.2. The minimum Gasteiger partial charge on any atom is -0.379 e. The van der Waals surface area contributed by atoms with Gasteiger partial charge in [0.25, 0.3) is 0 Å². The summed E-state index contributed by atoms with van der Waals surface area (Å²) in [6.07, 6.45) is 8.12. The summed E-state index contributed by atoms with van der Waals surface area (Å²) in [5.41, 5.74) is -0.543. The number of rotatable bonds is 5. The van der Waals surface area contributed by atoms with Gasteiger partial charge < -0.3 is 9.47 Å². The van der Waals surface area contributed by atoms with E-state index in [1.165, 1.54) is 14.7 Å². The third-order valence-corrected chi connectivity index (χ3v) is 10.3. The second-order valence-electron chi connectivity index (χ2n) is 8.36. The average Bonchev–Trinajstić information content (AvgIpc) is 3.14. The molecule has 4 rings (SSSR count). The Bertz CT molecular complexity index is 1090. The van der Waals surface area contributed by atoms with Crippen molar-refractivity contribution in [3.05, 3.63) is 60.6 Å². The van der Waals surface area contributed by atoms with E-state index in [9.17, 15) is 16.8 Å². The molecule has 1 radical (unpaired) electrons. The van der Waals surface area contributed by atoms with Gasteiger partial charge in [0.05, 0.1) is 30.3 Å². The topological polar surface area (TPSA) is 93.2 Å². The Balaban J connectivity index is 1.91. The van der Waals surface area contributed by atoms with Crippen molar-refractivity contribution in [3.63, 3.8) is 0 Å². The number of allylic oxidation sites excluding steroid dienone is 2. The van der Waals surface area contributed by atoms with Crippen LogP contribution in [0.5, 0.6) is 0 Å². The van der Waals surface area contributed by atoms with Crippen molar-refractivity contribution in [3.8, 4) is 0 Å². The maximum atomic E-state index is 13.9. The smallest absolute Gasteiger partial charge is 0.245 e. The molecule has 2 saturated heterocycles. The Labute approximate surface area is 184 Å². The van der Waals surface area contributed by atoms with Crippen molar-refractivity contribution in [2.45, 2.75) is 29.0 Å². The molecule has 0 bridgehead atoms. The van der Waals surface area contributed by atoms with Crippen LogP contribution < -0.4 is 0 Å². The van der Waals surface area contributed by atoms with Gasteiger partial charge in [0.1, 0.15) is 11.5 Å². The molecular formula is C21H27N2O6S2. The van der Waals surface area contributed by atoms with Crippen LogP contribution in [-0.2, 0) is 34.3 Å². The number of hydrogen-bond acceptors (Lipinski definition) is 6. The summed E-state index contributed by atoms with van der Waals surface area (Å²) in [5.74, 6) is 0. The quantitative estimate of drug-likeness (QED) is 0.654. The van der Waals surface area contributed by atoms with Crippen molar-refractivity contribution >= 4 is 20.0 Å². The maximum Gasteiger partial charge on any atom is 0.245 e. The minimum absolute atomic E-state index is 0.0402. The molecule has 1 aromatic rings. The van der Waals surface area contributed by atoms with Crippen molar-refractivity contribution < 1.29 is 26.3 Å². The fourth-order valence-electron chi connectivity index (χ4n) is 4.16. The number of morpholine rings is 1. The second kappa shape index (κ2) is 8.09. The first-order valence-electron chi connectivity index (χ1n) is 10.1. The summed E-state index contributed by atoms with van der Waals surface area (Å²) < 4.78 is 67.0. The zero-order valence-electron chi connectivity index (χ0n) is 17.6. The molecule has 2 aliphatic heterocycles. The van der Waals surface area contributed by atoms with E-state index < -0.39 is 30.3 Å². The second-order valence-corrected chi connectivity index (χ2v) is 12.3. The van der Waals surface area contributed by atoms with Crippen molar-refractivity contribution in [1.82, 2.24) is 8.61 Å². The molecule has 0 amide bonds. The van der Waals surface area contributed by atoms with E-state index in [4.69, 9.17) is 9.47 Å². The van der Waals surface area contributed by atoms with Gasteiger partial charge in [0.2, 0.25) is 20.0 Å². The van der Waals surface area contributed by atoms with Crippen molar-refractivity contribution in [2.75, 3.05) is 39.6 Å². The highest BCUT2D eigenvalue weighted by Gasteiger charge is 2.50. The molecule has 8 nitrogen and oxygen atoms in total. The normalized spacial score (nSPS) is 24.5. The Morgan fingerprint density at radius 1 is 0.935 bits per heavy atom. The third-order valence-electron chi connectivity index (χ3n) is 5.86. The maximum absolute atomic E-state index is 13.9. The van der Waals surface area contributed by atoms with E-state index >= 15 is 0 Å². The van der Waals surface area contributed by atoms with Crippen LogP contribution in [0.25, 0.3) is 0 Å². The van der Waals surface area contributed by atoms with Gasteiger partial charge in [-0.15, -0.1) is 0 Å². The zero-order valence-corrected chi connectivity index (χ0v) is 19.2. The van der Waals surface area contributed by atoms with Crippen LogP contribution in [0.2, 0.25) is 0 Å². The molecule has 0 N–H and O–H groups in total. The van der Waals surface area contributed by atoms with Gasteiger partial charge >= 0.3 is 0 Å². The van der Waals surface area contributed by atoms with E-state index in [0.29, 0.717) is 13.2 Å². The first-order valence-corrected chi connectivity index (χ1v) is 13.0.